The zero-order chi connectivity index (χ0) is 19.2. The molecule has 3 aromatic rings. The van der Waals surface area contributed by atoms with Crippen molar-refractivity contribution in [3.05, 3.63) is 77.8 Å². The van der Waals surface area contributed by atoms with Gasteiger partial charge in [0.2, 0.25) is 5.91 Å². The van der Waals surface area contributed by atoms with Gasteiger partial charge in [-0.15, -0.1) is 0 Å². The summed E-state index contributed by atoms with van der Waals surface area (Å²) < 4.78 is 24.0. The van der Waals surface area contributed by atoms with Crippen molar-refractivity contribution in [2.75, 3.05) is 7.11 Å². The SMILES string of the molecule is COc1ccc(-c2ccc(CCC(=O)NC(C)c3ccc(F)cc3)o2)cc1. The molecule has 0 aliphatic rings. The number of furan rings is 1. The zero-order valence-corrected chi connectivity index (χ0v) is 15.4. The third-order valence-electron chi connectivity index (χ3n) is 4.38. The van der Waals surface area contributed by atoms with E-state index in [0.717, 1.165) is 28.4 Å². The van der Waals surface area contributed by atoms with Crippen LogP contribution in [0.1, 0.15) is 30.7 Å². The van der Waals surface area contributed by atoms with Crippen LogP contribution < -0.4 is 10.1 Å². The summed E-state index contributed by atoms with van der Waals surface area (Å²) in [6.07, 6.45) is 0.833. The molecule has 0 saturated heterocycles. The number of hydrogen-bond donors (Lipinski definition) is 1. The van der Waals surface area contributed by atoms with Crippen LogP contribution in [0.15, 0.2) is 65.1 Å². The summed E-state index contributed by atoms with van der Waals surface area (Å²) in [5.74, 6) is 1.94. The first-order chi connectivity index (χ1) is 13.0. The largest absolute Gasteiger partial charge is 0.497 e. The Hall–Kier alpha value is -3.08. The Morgan fingerprint density at radius 2 is 1.78 bits per heavy atom. The number of amides is 1. The lowest BCUT2D eigenvalue weighted by Crippen LogP contribution is -2.26. The van der Waals surface area contributed by atoms with E-state index < -0.39 is 0 Å². The molecule has 1 aromatic heterocycles. The van der Waals surface area contributed by atoms with Gasteiger partial charge in [-0.3, -0.25) is 4.79 Å². The van der Waals surface area contributed by atoms with Gasteiger partial charge in [0.25, 0.3) is 0 Å². The van der Waals surface area contributed by atoms with Crippen LogP contribution in [0.4, 0.5) is 4.39 Å². The van der Waals surface area contributed by atoms with Crippen LogP contribution in [0.2, 0.25) is 0 Å². The van der Waals surface area contributed by atoms with E-state index >= 15 is 0 Å². The van der Waals surface area contributed by atoms with Crippen LogP contribution in [-0.2, 0) is 11.2 Å². The first-order valence-corrected chi connectivity index (χ1v) is 8.83. The molecule has 0 radical (unpaired) electrons. The molecule has 1 amide bonds. The summed E-state index contributed by atoms with van der Waals surface area (Å²) in [6, 6.07) is 17.3. The van der Waals surface area contributed by atoms with Crippen molar-refractivity contribution in [1.29, 1.82) is 0 Å². The lowest BCUT2D eigenvalue weighted by Gasteiger charge is -2.14. The number of carbonyl (C=O) groups excluding carboxylic acids is 1. The van der Waals surface area contributed by atoms with Gasteiger partial charge < -0.3 is 14.5 Å². The van der Waals surface area contributed by atoms with Gasteiger partial charge in [0.1, 0.15) is 23.1 Å². The summed E-state index contributed by atoms with van der Waals surface area (Å²) in [5.41, 5.74) is 1.82. The number of methoxy groups -OCH3 is 1. The van der Waals surface area contributed by atoms with E-state index in [1.54, 1.807) is 19.2 Å². The lowest BCUT2D eigenvalue weighted by atomic mass is 10.1. The summed E-state index contributed by atoms with van der Waals surface area (Å²) in [7, 11) is 1.63. The fraction of sp³-hybridized carbons (Fsp3) is 0.227. The number of rotatable bonds is 7. The predicted octanol–water partition coefficient (Wildman–Crippen LogP) is 4.90. The Labute approximate surface area is 158 Å². The number of hydrogen-bond acceptors (Lipinski definition) is 3. The maximum Gasteiger partial charge on any atom is 0.220 e. The maximum atomic E-state index is 13.0. The van der Waals surface area contributed by atoms with E-state index in [-0.39, 0.29) is 17.8 Å². The third-order valence-corrected chi connectivity index (χ3v) is 4.38. The van der Waals surface area contributed by atoms with Gasteiger partial charge in [-0.2, -0.15) is 0 Å². The highest BCUT2D eigenvalue weighted by Crippen LogP contribution is 2.25. The van der Waals surface area contributed by atoms with E-state index in [1.165, 1.54) is 12.1 Å². The Bertz CT molecular complexity index is 885. The molecule has 1 heterocycles. The van der Waals surface area contributed by atoms with Crippen LogP contribution in [-0.4, -0.2) is 13.0 Å². The second kappa shape index (κ2) is 8.54. The molecule has 27 heavy (non-hydrogen) atoms. The Morgan fingerprint density at radius 3 is 2.44 bits per heavy atom. The minimum absolute atomic E-state index is 0.0748. The first-order valence-electron chi connectivity index (χ1n) is 8.83. The second-order valence-corrected chi connectivity index (χ2v) is 6.34. The molecule has 5 heteroatoms. The quantitative estimate of drug-likeness (QED) is 0.646. The average molecular weight is 367 g/mol. The van der Waals surface area contributed by atoms with E-state index in [2.05, 4.69) is 5.32 Å². The Morgan fingerprint density at radius 1 is 1.07 bits per heavy atom. The van der Waals surface area contributed by atoms with Crippen molar-refractivity contribution in [1.82, 2.24) is 5.32 Å². The molecule has 0 aliphatic carbocycles. The molecule has 140 valence electrons. The third kappa shape index (κ3) is 4.97. The Balaban J connectivity index is 1.53. The lowest BCUT2D eigenvalue weighted by molar-refractivity contribution is -0.121. The molecule has 0 saturated carbocycles. The topological polar surface area (TPSA) is 51.5 Å². The standard InChI is InChI=1S/C22H22FNO3/c1-15(16-3-7-18(23)8-4-16)24-22(25)14-12-20-11-13-21(27-20)17-5-9-19(26-2)10-6-17/h3-11,13,15H,12,14H2,1-2H3,(H,24,25). The van der Waals surface area contributed by atoms with Gasteiger partial charge >= 0.3 is 0 Å². The van der Waals surface area contributed by atoms with Crippen molar-refractivity contribution in [2.24, 2.45) is 0 Å². The van der Waals surface area contributed by atoms with E-state index in [0.29, 0.717) is 12.8 Å². The molecule has 0 spiro atoms. The van der Waals surface area contributed by atoms with Gasteiger partial charge in [0.15, 0.2) is 0 Å². The number of ether oxygens (including phenoxy) is 1. The fourth-order valence-electron chi connectivity index (χ4n) is 2.81. The van der Waals surface area contributed by atoms with E-state index in [4.69, 9.17) is 9.15 Å². The molecular formula is C22H22FNO3. The van der Waals surface area contributed by atoms with Crippen molar-refractivity contribution >= 4 is 5.91 Å². The van der Waals surface area contributed by atoms with Crippen LogP contribution in [0, 0.1) is 5.82 Å². The smallest absolute Gasteiger partial charge is 0.220 e. The monoisotopic (exact) mass is 367 g/mol. The number of aryl methyl sites for hydroxylation is 1. The molecule has 4 nitrogen and oxygen atoms in total. The molecular weight excluding hydrogens is 345 g/mol. The molecule has 2 aromatic carbocycles. The normalized spacial score (nSPS) is 11.8. The molecule has 0 aliphatic heterocycles. The highest BCUT2D eigenvalue weighted by atomic mass is 19.1. The van der Waals surface area contributed by atoms with Crippen molar-refractivity contribution in [2.45, 2.75) is 25.8 Å². The van der Waals surface area contributed by atoms with Crippen molar-refractivity contribution in [3.8, 4) is 17.1 Å². The summed E-state index contributed by atoms with van der Waals surface area (Å²) in [4.78, 5) is 12.2. The molecule has 0 bridgehead atoms. The number of benzene rings is 2. The minimum Gasteiger partial charge on any atom is -0.497 e. The van der Waals surface area contributed by atoms with E-state index in [9.17, 15) is 9.18 Å². The van der Waals surface area contributed by atoms with Gasteiger partial charge in [0.05, 0.1) is 13.2 Å². The number of halogens is 1. The van der Waals surface area contributed by atoms with Crippen LogP contribution in [0.5, 0.6) is 5.75 Å². The summed E-state index contributed by atoms with van der Waals surface area (Å²) in [6.45, 7) is 1.87. The summed E-state index contributed by atoms with van der Waals surface area (Å²) in [5, 5.41) is 2.92. The summed E-state index contributed by atoms with van der Waals surface area (Å²) >= 11 is 0. The number of carbonyl (C=O) groups is 1. The zero-order valence-electron chi connectivity index (χ0n) is 15.4. The van der Waals surface area contributed by atoms with Crippen molar-refractivity contribution < 1.29 is 18.3 Å². The highest BCUT2D eigenvalue weighted by Gasteiger charge is 2.11. The first kappa shape index (κ1) is 18.7. The van der Waals surface area contributed by atoms with E-state index in [1.807, 2.05) is 43.3 Å². The fourth-order valence-corrected chi connectivity index (χ4v) is 2.81. The Kier molecular flexibility index (Phi) is 5.91. The van der Waals surface area contributed by atoms with Gasteiger partial charge in [-0.05, 0) is 61.0 Å². The molecule has 1 atom stereocenters. The van der Waals surface area contributed by atoms with Gasteiger partial charge in [0, 0.05) is 18.4 Å². The predicted molar refractivity (Wildman–Crippen MR) is 102 cm³/mol. The minimum atomic E-state index is -0.289. The van der Waals surface area contributed by atoms with Crippen LogP contribution in [0.25, 0.3) is 11.3 Å². The molecule has 3 rings (SSSR count). The second-order valence-electron chi connectivity index (χ2n) is 6.34. The molecule has 1 N–H and O–H groups in total. The molecule has 0 fully saturated rings. The number of nitrogens with one attached hydrogen (secondary N) is 1. The van der Waals surface area contributed by atoms with Crippen molar-refractivity contribution in [3.63, 3.8) is 0 Å². The maximum absolute atomic E-state index is 13.0. The molecule has 1 unspecified atom stereocenters. The highest BCUT2D eigenvalue weighted by molar-refractivity contribution is 5.76. The van der Waals surface area contributed by atoms with Crippen LogP contribution >= 0.6 is 0 Å². The average Bonchev–Trinajstić information content (AvgIpc) is 3.16. The van der Waals surface area contributed by atoms with Gasteiger partial charge in [-0.1, -0.05) is 12.1 Å². The van der Waals surface area contributed by atoms with Crippen LogP contribution in [0.3, 0.4) is 0 Å². The van der Waals surface area contributed by atoms with Gasteiger partial charge in [-0.25, -0.2) is 4.39 Å².